The van der Waals surface area contributed by atoms with E-state index in [1.165, 1.54) is 6.92 Å². The summed E-state index contributed by atoms with van der Waals surface area (Å²) in [6, 6.07) is 15.7. The zero-order chi connectivity index (χ0) is 20.9. The van der Waals surface area contributed by atoms with E-state index in [1.807, 2.05) is 30.3 Å². The van der Waals surface area contributed by atoms with Crippen molar-refractivity contribution < 1.29 is 27.5 Å². The Morgan fingerprint density at radius 3 is 2.59 bits per heavy atom. The van der Waals surface area contributed by atoms with E-state index >= 15 is 0 Å². The molecular formula is C21H23NO6S. The molecule has 0 aromatic heterocycles. The molecule has 0 unspecified atom stereocenters. The topological polar surface area (TPSA) is 98.8 Å². The van der Waals surface area contributed by atoms with Crippen LogP contribution in [0.3, 0.4) is 0 Å². The van der Waals surface area contributed by atoms with Crippen LogP contribution in [0, 0.1) is 0 Å². The van der Waals surface area contributed by atoms with E-state index in [4.69, 9.17) is 9.47 Å². The summed E-state index contributed by atoms with van der Waals surface area (Å²) in [5.41, 5.74) is 1.26. The average molecular weight is 417 g/mol. The fourth-order valence-electron chi connectivity index (χ4n) is 2.96. The monoisotopic (exact) mass is 417 g/mol. The molecule has 1 saturated heterocycles. The van der Waals surface area contributed by atoms with Crippen LogP contribution in [0.4, 0.5) is 0 Å². The number of rotatable bonds is 7. The Balaban J connectivity index is 1.53. The largest absolute Gasteiger partial charge is 0.489 e. The van der Waals surface area contributed by atoms with Crippen LogP contribution in [-0.4, -0.2) is 43.9 Å². The van der Waals surface area contributed by atoms with Crippen LogP contribution in [0.15, 0.2) is 54.6 Å². The number of hydrogen-bond donors (Lipinski definition) is 1. The van der Waals surface area contributed by atoms with Crippen molar-refractivity contribution in [3.05, 3.63) is 65.7 Å². The van der Waals surface area contributed by atoms with Crippen LogP contribution in [0.5, 0.6) is 5.75 Å². The Morgan fingerprint density at radius 1 is 1.14 bits per heavy atom. The third kappa shape index (κ3) is 6.05. The first-order chi connectivity index (χ1) is 13.8. The quantitative estimate of drug-likeness (QED) is 0.693. The summed E-state index contributed by atoms with van der Waals surface area (Å²) < 4.78 is 33.9. The molecule has 1 aliphatic rings. The van der Waals surface area contributed by atoms with E-state index in [2.05, 4.69) is 5.32 Å². The van der Waals surface area contributed by atoms with Gasteiger partial charge in [-0.15, -0.1) is 0 Å². The van der Waals surface area contributed by atoms with Gasteiger partial charge in [0.15, 0.2) is 15.9 Å². The molecule has 1 N–H and O–H groups in total. The first kappa shape index (κ1) is 20.9. The van der Waals surface area contributed by atoms with Crippen molar-refractivity contribution in [3.63, 3.8) is 0 Å². The first-order valence-corrected chi connectivity index (χ1v) is 11.1. The minimum Gasteiger partial charge on any atom is -0.489 e. The van der Waals surface area contributed by atoms with Crippen molar-refractivity contribution in [1.29, 1.82) is 0 Å². The molecule has 7 nitrogen and oxygen atoms in total. The molecule has 0 radical (unpaired) electrons. The number of esters is 1. The van der Waals surface area contributed by atoms with E-state index in [9.17, 15) is 18.0 Å². The Hall–Kier alpha value is -2.87. The minimum absolute atomic E-state index is 0.0574. The molecule has 3 rings (SSSR count). The number of sulfone groups is 1. The van der Waals surface area contributed by atoms with Crippen LogP contribution in [0.2, 0.25) is 0 Å². The molecule has 0 spiro atoms. The van der Waals surface area contributed by atoms with Crippen LogP contribution >= 0.6 is 0 Å². The molecule has 2 atom stereocenters. The third-order valence-electron chi connectivity index (χ3n) is 4.55. The number of carbonyl (C=O) groups excluding carboxylic acids is 2. The molecule has 2 aromatic rings. The van der Waals surface area contributed by atoms with Gasteiger partial charge in [-0.2, -0.15) is 0 Å². The summed E-state index contributed by atoms with van der Waals surface area (Å²) in [4.78, 5) is 24.6. The number of hydrogen-bond acceptors (Lipinski definition) is 6. The molecule has 1 amide bonds. The van der Waals surface area contributed by atoms with Gasteiger partial charge in [0.25, 0.3) is 5.91 Å². The molecule has 0 saturated carbocycles. The highest BCUT2D eigenvalue weighted by atomic mass is 32.2. The fourth-order valence-corrected chi connectivity index (χ4v) is 4.64. The highest BCUT2D eigenvalue weighted by Gasteiger charge is 2.30. The van der Waals surface area contributed by atoms with Crippen LogP contribution in [0.1, 0.15) is 29.3 Å². The second kappa shape index (κ2) is 9.09. The zero-order valence-electron chi connectivity index (χ0n) is 16.0. The van der Waals surface area contributed by atoms with Gasteiger partial charge in [-0.1, -0.05) is 36.4 Å². The van der Waals surface area contributed by atoms with Crippen LogP contribution in [-0.2, 0) is 26.0 Å². The van der Waals surface area contributed by atoms with Gasteiger partial charge in [-0.05, 0) is 37.1 Å². The Morgan fingerprint density at radius 2 is 1.90 bits per heavy atom. The van der Waals surface area contributed by atoms with Gasteiger partial charge in [0.05, 0.1) is 17.1 Å². The molecule has 1 fully saturated rings. The highest BCUT2D eigenvalue weighted by molar-refractivity contribution is 7.91. The van der Waals surface area contributed by atoms with E-state index in [1.54, 1.807) is 24.3 Å². The van der Waals surface area contributed by atoms with Crippen LogP contribution < -0.4 is 10.1 Å². The Bertz CT molecular complexity index is 974. The lowest BCUT2D eigenvalue weighted by atomic mass is 10.2. The van der Waals surface area contributed by atoms with E-state index in [-0.39, 0.29) is 17.1 Å². The second-order valence-corrected chi connectivity index (χ2v) is 9.19. The summed E-state index contributed by atoms with van der Waals surface area (Å²) >= 11 is 0. The van der Waals surface area contributed by atoms with Gasteiger partial charge in [0.2, 0.25) is 0 Å². The third-order valence-corrected chi connectivity index (χ3v) is 6.32. The molecular weight excluding hydrogens is 394 g/mol. The lowest BCUT2D eigenvalue weighted by molar-refractivity contribution is -0.129. The van der Waals surface area contributed by atoms with Crippen molar-refractivity contribution in [1.82, 2.24) is 5.32 Å². The maximum absolute atomic E-state index is 12.4. The second-order valence-electron chi connectivity index (χ2n) is 6.96. The standard InChI is InChI=1S/C21H23NO6S/c1-15(20(23)22-18-10-11-29(25,26)14-18)28-21(24)17-8-5-9-19(12-17)27-13-16-6-3-2-4-7-16/h2-9,12,15,18H,10-11,13-14H2,1H3,(H,22,23)/t15-,18-/m0/s1. The predicted octanol–water partition coefficient (Wildman–Crippen LogP) is 2.11. The molecule has 154 valence electrons. The number of carbonyl (C=O) groups is 2. The smallest absolute Gasteiger partial charge is 0.339 e. The summed E-state index contributed by atoms with van der Waals surface area (Å²) in [5.74, 6) is -0.687. The fraction of sp³-hybridized carbons (Fsp3) is 0.333. The van der Waals surface area contributed by atoms with Gasteiger partial charge in [0, 0.05) is 6.04 Å². The molecule has 2 aromatic carbocycles. The Labute approximate surface area is 169 Å². The van der Waals surface area contributed by atoms with Crippen molar-refractivity contribution in [2.75, 3.05) is 11.5 Å². The number of benzene rings is 2. The Kier molecular flexibility index (Phi) is 6.53. The molecule has 0 bridgehead atoms. The van der Waals surface area contributed by atoms with Crippen molar-refractivity contribution in [3.8, 4) is 5.75 Å². The highest BCUT2D eigenvalue weighted by Crippen LogP contribution is 2.17. The van der Waals surface area contributed by atoms with Gasteiger partial charge < -0.3 is 14.8 Å². The maximum Gasteiger partial charge on any atom is 0.339 e. The summed E-state index contributed by atoms with van der Waals surface area (Å²) in [5, 5.41) is 2.62. The number of nitrogens with one attached hydrogen (secondary N) is 1. The van der Waals surface area contributed by atoms with E-state index in [0.717, 1.165) is 5.56 Å². The molecule has 29 heavy (non-hydrogen) atoms. The van der Waals surface area contributed by atoms with Gasteiger partial charge >= 0.3 is 5.97 Å². The molecule has 1 heterocycles. The van der Waals surface area contributed by atoms with E-state index in [0.29, 0.717) is 18.8 Å². The number of ether oxygens (including phenoxy) is 2. The van der Waals surface area contributed by atoms with Crippen molar-refractivity contribution >= 4 is 21.7 Å². The van der Waals surface area contributed by atoms with Gasteiger partial charge in [-0.25, -0.2) is 13.2 Å². The lowest BCUT2D eigenvalue weighted by Crippen LogP contribution is -2.42. The number of amides is 1. The van der Waals surface area contributed by atoms with Crippen LogP contribution in [0.25, 0.3) is 0 Å². The first-order valence-electron chi connectivity index (χ1n) is 9.31. The van der Waals surface area contributed by atoms with E-state index < -0.39 is 33.9 Å². The lowest BCUT2D eigenvalue weighted by Gasteiger charge is -2.16. The normalized spacial score (nSPS) is 18.6. The van der Waals surface area contributed by atoms with Crippen molar-refractivity contribution in [2.24, 2.45) is 0 Å². The SMILES string of the molecule is C[C@H](OC(=O)c1cccc(OCc2ccccc2)c1)C(=O)N[C@H]1CCS(=O)(=O)C1. The summed E-state index contributed by atoms with van der Waals surface area (Å²) in [6.45, 7) is 1.81. The summed E-state index contributed by atoms with van der Waals surface area (Å²) in [6.07, 6.45) is -0.671. The maximum atomic E-state index is 12.4. The molecule has 1 aliphatic heterocycles. The minimum atomic E-state index is -3.10. The molecule has 8 heteroatoms. The van der Waals surface area contributed by atoms with Gasteiger partial charge in [0.1, 0.15) is 12.4 Å². The predicted molar refractivity (Wildman–Crippen MR) is 107 cm³/mol. The van der Waals surface area contributed by atoms with Crippen molar-refractivity contribution in [2.45, 2.75) is 32.1 Å². The molecule has 0 aliphatic carbocycles. The average Bonchev–Trinajstić information content (AvgIpc) is 3.05. The van der Waals surface area contributed by atoms with Gasteiger partial charge in [-0.3, -0.25) is 4.79 Å². The summed E-state index contributed by atoms with van der Waals surface area (Å²) in [7, 11) is -3.10. The zero-order valence-corrected chi connectivity index (χ0v) is 16.9.